The number of amides is 1. The van der Waals surface area contributed by atoms with Gasteiger partial charge in [0.25, 0.3) is 0 Å². The lowest BCUT2D eigenvalue weighted by molar-refractivity contribution is -0.131. The van der Waals surface area contributed by atoms with E-state index in [1.807, 2.05) is 4.90 Å². The summed E-state index contributed by atoms with van der Waals surface area (Å²) in [5, 5.41) is 9.03. The topological polar surface area (TPSA) is 49.8 Å². The number of ether oxygens (including phenoxy) is 1. The maximum atomic E-state index is 12.0. The maximum Gasteiger partial charge on any atom is 0.232 e. The van der Waals surface area contributed by atoms with Gasteiger partial charge in [0.2, 0.25) is 5.91 Å². The van der Waals surface area contributed by atoms with Crippen LogP contribution in [0.5, 0.6) is 0 Å². The Morgan fingerprint density at radius 1 is 1.47 bits per heavy atom. The summed E-state index contributed by atoms with van der Waals surface area (Å²) in [4.78, 5) is 13.9. The quantitative estimate of drug-likeness (QED) is 0.666. The molecule has 0 aromatic rings. The van der Waals surface area contributed by atoms with Crippen molar-refractivity contribution in [1.29, 1.82) is 0 Å². The van der Waals surface area contributed by atoms with E-state index < -0.39 is 0 Å². The van der Waals surface area contributed by atoms with Crippen molar-refractivity contribution < 1.29 is 14.6 Å². The number of aliphatic hydroxyl groups is 1. The fraction of sp³-hybridized carbons (Fsp3) is 0.917. The minimum absolute atomic E-state index is 0.0605. The molecule has 1 rings (SSSR count). The Morgan fingerprint density at radius 2 is 2.18 bits per heavy atom. The highest BCUT2D eigenvalue weighted by Crippen LogP contribution is 2.23. The molecule has 1 aliphatic carbocycles. The van der Waals surface area contributed by atoms with Crippen LogP contribution in [0.15, 0.2) is 0 Å². The molecule has 5 heteroatoms. The zero-order chi connectivity index (χ0) is 12.5. The Labute approximate surface area is 108 Å². The molecule has 0 saturated heterocycles. The van der Waals surface area contributed by atoms with Crippen LogP contribution in [0.4, 0.5) is 0 Å². The molecule has 0 radical (unpaired) electrons. The number of hydrogen-bond donors (Lipinski definition) is 1. The van der Waals surface area contributed by atoms with E-state index >= 15 is 0 Å². The number of nitrogens with zero attached hydrogens (tertiary/aromatic N) is 1. The zero-order valence-corrected chi connectivity index (χ0v) is 11.4. The van der Waals surface area contributed by atoms with Gasteiger partial charge in [0, 0.05) is 25.4 Å². The number of hydrogen-bond acceptors (Lipinski definition) is 4. The van der Waals surface area contributed by atoms with Crippen molar-refractivity contribution in [3.63, 3.8) is 0 Å². The monoisotopic (exact) mass is 261 g/mol. The number of methoxy groups -OCH3 is 1. The van der Waals surface area contributed by atoms with Crippen molar-refractivity contribution >= 4 is 17.7 Å². The summed E-state index contributed by atoms with van der Waals surface area (Å²) in [6.45, 7) is 1.22. The van der Waals surface area contributed by atoms with E-state index in [-0.39, 0.29) is 12.5 Å². The molecule has 17 heavy (non-hydrogen) atoms. The van der Waals surface area contributed by atoms with Gasteiger partial charge in [-0.1, -0.05) is 12.8 Å². The van der Waals surface area contributed by atoms with Crippen LogP contribution in [0.2, 0.25) is 0 Å². The van der Waals surface area contributed by atoms with E-state index in [0.717, 1.165) is 18.6 Å². The van der Waals surface area contributed by atoms with Gasteiger partial charge >= 0.3 is 0 Å². The van der Waals surface area contributed by atoms with E-state index in [1.165, 1.54) is 12.8 Å². The lowest BCUT2D eigenvalue weighted by atomic mass is 10.2. The summed E-state index contributed by atoms with van der Waals surface area (Å²) >= 11 is 1.60. The average molecular weight is 261 g/mol. The molecule has 100 valence electrons. The van der Waals surface area contributed by atoms with E-state index in [2.05, 4.69) is 0 Å². The van der Waals surface area contributed by atoms with Crippen molar-refractivity contribution in [2.45, 2.75) is 31.7 Å². The van der Waals surface area contributed by atoms with Gasteiger partial charge in [-0.3, -0.25) is 4.79 Å². The van der Waals surface area contributed by atoms with Gasteiger partial charge in [-0.2, -0.15) is 0 Å². The number of rotatable bonds is 8. The van der Waals surface area contributed by atoms with E-state index in [0.29, 0.717) is 24.9 Å². The summed E-state index contributed by atoms with van der Waals surface area (Å²) in [6.07, 6.45) is 4.59. The molecule has 0 bridgehead atoms. The van der Waals surface area contributed by atoms with Crippen LogP contribution in [-0.4, -0.2) is 60.3 Å². The molecule has 0 aromatic carbocycles. The van der Waals surface area contributed by atoms with Crippen LogP contribution in [0, 0.1) is 0 Å². The third kappa shape index (κ3) is 5.27. The number of thioether (sulfide) groups is 1. The molecular weight excluding hydrogens is 238 g/mol. The number of carbonyl (C=O) groups is 1. The Bertz CT molecular complexity index is 220. The van der Waals surface area contributed by atoms with Gasteiger partial charge in [-0.25, -0.2) is 0 Å². The fourth-order valence-corrected chi connectivity index (χ4v) is 2.99. The highest BCUT2D eigenvalue weighted by molar-refractivity contribution is 7.99. The predicted octanol–water partition coefficient (Wildman–Crippen LogP) is 1.13. The average Bonchev–Trinajstić information content (AvgIpc) is 2.85. The van der Waals surface area contributed by atoms with Crippen LogP contribution in [0.3, 0.4) is 0 Å². The third-order valence-corrected chi connectivity index (χ3v) is 3.99. The molecular formula is C12H23NO3S. The Kier molecular flexibility index (Phi) is 7.64. The molecule has 4 nitrogen and oxygen atoms in total. The molecule has 0 atom stereocenters. The number of aliphatic hydroxyl groups excluding tert-OH is 1. The Hall–Kier alpha value is -0.260. The lowest BCUT2D eigenvalue weighted by Crippen LogP contribution is -2.41. The molecule has 1 aliphatic rings. The van der Waals surface area contributed by atoms with Gasteiger partial charge in [0.15, 0.2) is 0 Å². The highest BCUT2D eigenvalue weighted by Gasteiger charge is 2.25. The van der Waals surface area contributed by atoms with Crippen LogP contribution in [0.1, 0.15) is 25.7 Å². The highest BCUT2D eigenvalue weighted by atomic mass is 32.2. The summed E-state index contributed by atoms with van der Waals surface area (Å²) in [5.41, 5.74) is 0. The molecule has 0 heterocycles. The normalized spacial score (nSPS) is 16.4. The largest absolute Gasteiger partial charge is 0.395 e. The second-order valence-corrected chi connectivity index (χ2v) is 5.40. The summed E-state index contributed by atoms with van der Waals surface area (Å²) in [5.74, 6) is 1.51. The van der Waals surface area contributed by atoms with Crippen molar-refractivity contribution in [3.05, 3.63) is 0 Å². The van der Waals surface area contributed by atoms with Gasteiger partial charge in [0.05, 0.1) is 19.0 Å². The molecule has 1 N–H and O–H groups in total. The first-order chi connectivity index (χ1) is 8.29. The molecule has 1 fully saturated rings. The molecule has 1 saturated carbocycles. The first kappa shape index (κ1) is 14.8. The van der Waals surface area contributed by atoms with Gasteiger partial charge < -0.3 is 14.7 Å². The minimum Gasteiger partial charge on any atom is -0.395 e. The van der Waals surface area contributed by atoms with Gasteiger partial charge in [0.1, 0.15) is 0 Å². The molecule has 0 aliphatic heterocycles. The van der Waals surface area contributed by atoms with Crippen molar-refractivity contribution in [2.24, 2.45) is 0 Å². The zero-order valence-electron chi connectivity index (χ0n) is 10.6. The van der Waals surface area contributed by atoms with Crippen LogP contribution >= 0.6 is 11.8 Å². The van der Waals surface area contributed by atoms with Crippen molar-refractivity contribution in [3.8, 4) is 0 Å². The second kappa shape index (κ2) is 8.78. The summed E-state index contributed by atoms with van der Waals surface area (Å²) in [6, 6.07) is 0.359. The smallest absolute Gasteiger partial charge is 0.232 e. The van der Waals surface area contributed by atoms with Crippen LogP contribution in [0.25, 0.3) is 0 Å². The third-order valence-electron chi connectivity index (χ3n) is 3.08. The molecule has 0 spiro atoms. The first-order valence-corrected chi connectivity index (χ1v) is 7.42. The summed E-state index contributed by atoms with van der Waals surface area (Å²) in [7, 11) is 1.67. The molecule has 1 amide bonds. The van der Waals surface area contributed by atoms with Crippen molar-refractivity contribution in [1.82, 2.24) is 4.90 Å². The predicted molar refractivity (Wildman–Crippen MR) is 70.3 cm³/mol. The molecule has 0 aromatic heterocycles. The van der Waals surface area contributed by atoms with Crippen molar-refractivity contribution in [2.75, 3.05) is 38.4 Å². The maximum absolute atomic E-state index is 12.0. The second-order valence-electron chi connectivity index (χ2n) is 4.29. The van der Waals surface area contributed by atoms with Crippen LogP contribution < -0.4 is 0 Å². The molecule has 0 unspecified atom stereocenters. The van der Waals surface area contributed by atoms with Crippen LogP contribution in [-0.2, 0) is 9.53 Å². The Morgan fingerprint density at radius 3 is 2.76 bits per heavy atom. The van der Waals surface area contributed by atoms with Gasteiger partial charge in [-0.15, -0.1) is 11.8 Å². The minimum atomic E-state index is 0.0605. The van der Waals surface area contributed by atoms with E-state index in [1.54, 1.807) is 18.9 Å². The lowest BCUT2D eigenvalue weighted by Gasteiger charge is -2.28. The van der Waals surface area contributed by atoms with E-state index in [9.17, 15) is 4.79 Å². The van der Waals surface area contributed by atoms with E-state index in [4.69, 9.17) is 9.84 Å². The fourth-order valence-electron chi connectivity index (χ4n) is 2.22. The standard InChI is InChI=1S/C12H23NO3S/c1-16-8-9-17-10-12(15)13(6-7-14)11-4-2-3-5-11/h11,14H,2-10H2,1H3. The SMILES string of the molecule is COCCSCC(=O)N(CCO)C1CCCC1. The van der Waals surface area contributed by atoms with Gasteiger partial charge in [-0.05, 0) is 12.8 Å². The Balaban J connectivity index is 2.32. The summed E-state index contributed by atoms with van der Waals surface area (Å²) < 4.78 is 4.95. The number of carbonyl (C=O) groups excluding carboxylic acids is 1. The first-order valence-electron chi connectivity index (χ1n) is 6.26.